The molecule has 2 atom stereocenters. The van der Waals surface area contributed by atoms with Crippen LogP contribution in [0.3, 0.4) is 0 Å². The molecule has 0 saturated carbocycles. The normalized spacial score (nSPS) is 23.1. The zero-order chi connectivity index (χ0) is 13.5. The molecule has 0 aromatic heterocycles. The summed E-state index contributed by atoms with van der Waals surface area (Å²) in [7, 11) is 0. The van der Waals surface area contributed by atoms with E-state index in [-0.39, 0.29) is 25.1 Å². The average molecular weight is 258 g/mol. The smallest absolute Gasteiger partial charge is 0.327 e. The number of rotatable bonds is 5. The summed E-state index contributed by atoms with van der Waals surface area (Å²) >= 11 is 0. The fourth-order valence-corrected chi connectivity index (χ4v) is 2.35. The van der Waals surface area contributed by atoms with Crippen LogP contribution in [-0.4, -0.2) is 58.8 Å². The summed E-state index contributed by atoms with van der Waals surface area (Å²) < 4.78 is 0. The Morgan fingerprint density at radius 2 is 2.11 bits per heavy atom. The highest BCUT2D eigenvalue weighted by Crippen LogP contribution is 2.16. The lowest BCUT2D eigenvalue weighted by atomic mass is 10.1. The number of carbonyl (C=O) groups excluding carboxylic acids is 1. The average Bonchev–Trinajstić information content (AvgIpc) is 2.52. The maximum Gasteiger partial charge on any atom is 0.327 e. The summed E-state index contributed by atoms with van der Waals surface area (Å²) in [6.45, 7) is 2.36. The van der Waals surface area contributed by atoms with E-state index in [1.807, 2.05) is 4.90 Å². The fourth-order valence-electron chi connectivity index (χ4n) is 2.35. The zero-order valence-corrected chi connectivity index (χ0v) is 10.8. The molecule has 1 aliphatic heterocycles. The van der Waals surface area contributed by atoms with Gasteiger partial charge < -0.3 is 15.5 Å². The summed E-state index contributed by atoms with van der Waals surface area (Å²) in [5.41, 5.74) is 0. The van der Waals surface area contributed by atoms with Crippen LogP contribution in [0.4, 0.5) is 0 Å². The third-order valence-corrected chi connectivity index (χ3v) is 3.30. The number of likely N-dealkylation sites (tertiary alicyclic amines) is 1. The minimum Gasteiger partial charge on any atom is -0.480 e. The van der Waals surface area contributed by atoms with Crippen LogP contribution in [-0.2, 0) is 9.59 Å². The molecule has 1 fully saturated rings. The minimum atomic E-state index is -1.04. The van der Waals surface area contributed by atoms with E-state index in [2.05, 4.69) is 5.32 Å². The Morgan fingerprint density at radius 1 is 1.39 bits per heavy atom. The Labute approximate surface area is 107 Å². The Hall–Kier alpha value is -1.14. The molecule has 104 valence electrons. The third kappa shape index (κ3) is 4.62. The van der Waals surface area contributed by atoms with Crippen molar-refractivity contribution in [2.24, 2.45) is 0 Å². The molecule has 6 nitrogen and oxygen atoms in total. The Bertz CT molecular complexity index is 296. The van der Waals surface area contributed by atoms with E-state index in [0.29, 0.717) is 0 Å². The van der Waals surface area contributed by atoms with Gasteiger partial charge in [-0.05, 0) is 19.4 Å². The summed E-state index contributed by atoms with van der Waals surface area (Å²) in [6, 6.07) is -0.905. The molecule has 1 rings (SSSR count). The number of carboxylic acids is 1. The molecule has 18 heavy (non-hydrogen) atoms. The van der Waals surface area contributed by atoms with Crippen LogP contribution in [0, 0.1) is 0 Å². The van der Waals surface area contributed by atoms with Gasteiger partial charge >= 0.3 is 5.97 Å². The quantitative estimate of drug-likeness (QED) is 0.636. The molecule has 0 aromatic carbocycles. The Morgan fingerprint density at radius 3 is 2.67 bits per heavy atom. The van der Waals surface area contributed by atoms with Gasteiger partial charge in [0.1, 0.15) is 6.04 Å². The molecule has 1 aliphatic rings. The van der Waals surface area contributed by atoms with Crippen molar-refractivity contribution >= 4 is 11.9 Å². The van der Waals surface area contributed by atoms with Crippen molar-refractivity contribution in [2.45, 2.75) is 44.7 Å². The first kappa shape index (κ1) is 14.9. The fraction of sp³-hybridized carbons (Fsp3) is 0.833. The van der Waals surface area contributed by atoms with Gasteiger partial charge in [-0.2, -0.15) is 0 Å². The maximum atomic E-state index is 11.1. The van der Waals surface area contributed by atoms with Gasteiger partial charge in [0, 0.05) is 19.5 Å². The third-order valence-electron chi connectivity index (χ3n) is 3.30. The maximum absolute atomic E-state index is 11.1. The number of carbonyl (C=O) groups is 2. The molecule has 0 radical (unpaired) electrons. The van der Waals surface area contributed by atoms with Crippen LogP contribution in [0.25, 0.3) is 0 Å². The molecule has 1 saturated heterocycles. The van der Waals surface area contributed by atoms with Crippen molar-refractivity contribution in [3.05, 3.63) is 0 Å². The SMILES string of the molecule is CC(=O)NC(CN1CCCCCC1CO)C(=O)O. The van der Waals surface area contributed by atoms with Crippen LogP contribution in [0.2, 0.25) is 0 Å². The molecule has 2 unspecified atom stereocenters. The molecule has 6 heteroatoms. The van der Waals surface area contributed by atoms with Gasteiger partial charge in [0.15, 0.2) is 0 Å². The van der Waals surface area contributed by atoms with Crippen LogP contribution in [0.1, 0.15) is 32.6 Å². The zero-order valence-electron chi connectivity index (χ0n) is 10.8. The van der Waals surface area contributed by atoms with Crippen LogP contribution in [0.15, 0.2) is 0 Å². The summed E-state index contributed by atoms with van der Waals surface area (Å²) in [4.78, 5) is 24.0. The van der Waals surface area contributed by atoms with Gasteiger partial charge in [-0.1, -0.05) is 12.8 Å². The van der Waals surface area contributed by atoms with E-state index < -0.39 is 12.0 Å². The standard InChI is InChI=1S/C12H22N2O4/c1-9(16)13-11(12(17)18)7-14-6-4-2-3-5-10(14)8-15/h10-11,15H,2-8H2,1H3,(H,13,16)(H,17,18). The molecule has 0 aromatic rings. The van der Waals surface area contributed by atoms with E-state index in [9.17, 15) is 14.7 Å². The molecular formula is C12H22N2O4. The van der Waals surface area contributed by atoms with Gasteiger partial charge in [0.25, 0.3) is 0 Å². The molecule has 0 spiro atoms. The summed E-state index contributed by atoms with van der Waals surface area (Å²) in [5, 5.41) is 20.9. The van der Waals surface area contributed by atoms with Gasteiger partial charge in [-0.25, -0.2) is 4.79 Å². The second kappa shape index (κ2) is 7.33. The molecule has 1 heterocycles. The first-order valence-corrected chi connectivity index (χ1v) is 6.39. The predicted molar refractivity (Wildman–Crippen MR) is 66.2 cm³/mol. The Kier molecular flexibility index (Phi) is 6.07. The molecule has 0 aliphatic carbocycles. The first-order chi connectivity index (χ1) is 8.54. The second-order valence-corrected chi connectivity index (χ2v) is 4.77. The van der Waals surface area contributed by atoms with Gasteiger partial charge in [0.05, 0.1) is 6.61 Å². The molecule has 1 amide bonds. The second-order valence-electron chi connectivity index (χ2n) is 4.77. The number of amides is 1. The van der Waals surface area contributed by atoms with E-state index in [0.717, 1.165) is 32.2 Å². The highest BCUT2D eigenvalue weighted by Gasteiger charge is 2.27. The topological polar surface area (TPSA) is 89.9 Å². The van der Waals surface area contributed by atoms with Gasteiger partial charge in [0.2, 0.25) is 5.91 Å². The van der Waals surface area contributed by atoms with Crippen molar-refractivity contribution in [1.82, 2.24) is 10.2 Å². The molecular weight excluding hydrogens is 236 g/mol. The number of nitrogens with one attached hydrogen (secondary N) is 1. The van der Waals surface area contributed by atoms with Crippen molar-refractivity contribution in [1.29, 1.82) is 0 Å². The van der Waals surface area contributed by atoms with E-state index in [4.69, 9.17) is 5.11 Å². The van der Waals surface area contributed by atoms with Crippen molar-refractivity contribution in [3.63, 3.8) is 0 Å². The van der Waals surface area contributed by atoms with Crippen LogP contribution in [0.5, 0.6) is 0 Å². The monoisotopic (exact) mass is 258 g/mol. The number of aliphatic carboxylic acids is 1. The lowest BCUT2D eigenvalue weighted by molar-refractivity contribution is -0.142. The molecule has 0 bridgehead atoms. The largest absolute Gasteiger partial charge is 0.480 e. The lowest BCUT2D eigenvalue weighted by Gasteiger charge is -2.30. The number of hydrogen-bond donors (Lipinski definition) is 3. The highest BCUT2D eigenvalue weighted by molar-refractivity contribution is 5.82. The van der Waals surface area contributed by atoms with Gasteiger partial charge in [-0.3, -0.25) is 9.69 Å². The van der Waals surface area contributed by atoms with Gasteiger partial charge in [-0.15, -0.1) is 0 Å². The van der Waals surface area contributed by atoms with E-state index in [1.54, 1.807) is 0 Å². The first-order valence-electron chi connectivity index (χ1n) is 6.39. The number of aliphatic hydroxyl groups excluding tert-OH is 1. The lowest BCUT2D eigenvalue weighted by Crippen LogP contribution is -2.51. The van der Waals surface area contributed by atoms with Crippen LogP contribution >= 0.6 is 0 Å². The van der Waals surface area contributed by atoms with E-state index >= 15 is 0 Å². The molecule has 3 N–H and O–H groups in total. The summed E-state index contributed by atoms with van der Waals surface area (Å²) in [5.74, 6) is -1.39. The van der Waals surface area contributed by atoms with Crippen molar-refractivity contribution in [2.75, 3.05) is 19.7 Å². The minimum absolute atomic E-state index is 0.00288. The predicted octanol–water partition coefficient (Wildman–Crippen LogP) is -0.187. The number of hydrogen-bond acceptors (Lipinski definition) is 4. The number of carboxylic acid groups (broad SMARTS) is 1. The number of aliphatic hydroxyl groups is 1. The van der Waals surface area contributed by atoms with Crippen molar-refractivity contribution < 1.29 is 19.8 Å². The Balaban J connectivity index is 2.64. The van der Waals surface area contributed by atoms with E-state index in [1.165, 1.54) is 6.92 Å². The highest BCUT2D eigenvalue weighted by atomic mass is 16.4. The van der Waals surface area contributed by atoms with Crippen molar-refractivity contribution in [3.8, 4) is 0 Å². The number of nitrogens with zero attached hydrogens (tertiary/aromatic N) is 1. The van der Waals surface area contributed by atoms with Crippen LogP contribution < -0.4 is 5.32 Å². The summed E-state index contributed by atoms with van der Waals surface area (Å²) in [6.07, 6.45) is 4.04.